The van der Waals surface area contributed by atoms with Crippen LogP contribution in [0.25, 0.3) is 0 Å². The first-order valence-electron chi connectivity index (χ1n) is 6.85. The molecule has 0 bridgehead atoms. The van der Waals surface area contributed by atoms with Gasteiger partial charge in [-0.3, -0.25) is 0 Å². The largest absolute Gasteiger partial charge is 0.460 e. The van der Waals surface area contributed by atoms with Crippen LogP contribution in [0.3, 0.4) is 0 Å². The monoisotopic (exact) mass is 498 g/mol. The molecule has 1 unspecified atom stereocenters. The predicted molar refractivity (Wildman–Crippen MR) is 67.0 cm³/mol. The zero-order chi connectivity index (χ0) is 24.2. The first-order chi connectivity index (χ1) is 13.0. The third-order valence-electron chi connectivity index (χ3n) is 3.48. The molecule has 30 heavy (non-hydrogen) atoms. The summed E-state index contributed by atoms with van der Waals surface area (Å²) < 4.78 is 198. The lowest BCUT2D eigenvalue weighted by Gasteiger charge is -2.40. The van der Waals surface area contributed by atoms with Crippen LogP contribution in [0.4, 0.5) is 65.9 Å². The number of hydrogen-bond donors (Lipinski definition) is 0. The Hall–Kier alpha value is -1.49. The van der Waals surface area contributed by atoms with E-state index in [2.05, 4.69) is 4.74 Å². The molecule has 0 aromatic heterocycles. The Labute approximate surface area is 159 Å². The summed E-state index contributed by atoms with van der Waals surface area (Å²) in [7, 11) is 0. The molecule has 1 atom stereocenters. The summed E-state index contributed by atoms with van der Waals surface area (Å²) in [5.41, 5.74) is -1.75. The highest BCUT2D eigenvalue weighted by molar-refractivity contribution is 8.02. The van der Waals surface area contributed by atoms with Crippen molar-refractivity contribution in [1.82, 2.24) is 0 Å². The van der Waals surface area contributed by atoms with E-state index in [-0.39, 0.29) is 0 Å². The van der Waals surface area contributed by atoms with E-state index in [0.717, 1.165) is 11.5 Å². The molecule has 1 aliphatic heterocycles. The smallest absolute Gasteiger partial charge is 0.446 e. The van der Waals surface area contributed by atoms with Crippen LogP contribution in [0.1, 0.15) is 6.42 Å². The Balaban J connectivity index is 3.41. The summed E-state index contributed by atoms with van der Waals surface area (Å²) in [6.45, 7) is 0. The summed E-state index contributed by atoms with van der Waals surface area (Å²) in [6.07, 6.45) is -7.05. The quantitative estimate of drug-likeness (QED) is 0.324. The van der Waals surface area contributed by atoms with Crippen LogP contribution in [0.5, 0.6) is 0 Å². The van der Waals surface area contributed by atoms with Gasteiger partial charge in [-0.25, -0.2) is 4.79 Å². The summed E-state index contributed by atoms with van der Waals surface area (Å²) in [5.74, 6) is -51.7. The minimum atomic E-state index is -8.43. The first kappa shape index (κ1) is 26.5. The number of rotatable bonds is 7. The average Bonchev–Trinajstić information content (AvgIpc) is 3.05. The zero-order valence-corrected chi connectivity index (χ0v) is 14.1. The van der Waals surface area contributed by atoms with Gasteiger partial charge in [0.2, 0.25) is 0 Å². The lowest BCUT2D eigenvalue weighted by molar-refractivity contribution is -0.450. The molecule has 0 aliphatic carbocycles. The van der Waals surface area contributed by atoms with Crippen molar-refractivity contribution in [2.75, 3.05) is 0 Å². The highest BCUT2D eigenvalue weighted by Crippen LogP contribution is 2.62. The molecule has 0 fully saturated rings. The van der Waals surface area contributed by atoms with Gasteiger partial charge in [0, 0.05) is 6.42 Å². The SMILES string of the molecule is O=C(OC1CC=CS1)C(F)(F)C(F)(F)C(F)(F)C(F)(F)C(F)(F)C(F)(F)C(F)(F)F. The molecule has 0 saturated carbocycles. The van der Waals surface area contributed by atoms with Gasteiger partial charge in [0.1, 0.15) is 0 Å². The van der Waals surface area contributed by atoms with Crippen molar-refractivity contribution in [3.05, 3.63) is 11.5 Å². The van der Waals surface area contributed by atoms with E-state index >= 15 is 0 Å². The normalized spacial score (nSPS) is 19.9. The molecule has 0 aromatic carbocycles. The second kappa shape index (κ2) is 7.29. The molecule has 176 valence electrons. The fourth-order valence-electron chi connectivity index (χ4n) is 1.73. The van der Waals surface area contributed by atoms with Crippen molar-refractivity contribution < 1.29 is 75.4 Å². The molecule has 0 saturated heterocycles. The Bertz CT molecular complexity index is 688. The highest BCUT2D eigenvalue weighted by Gasteiger charge is 2.94. The van der Waals surface area contributed by atoms with Gasteiger partial charge >= 0.3 is 47.7 Å². The number of carbonyl (C=O) groups excluding carboxylic acids is 1. The topological polar surface area (TPSA) is 26.3 Å². The van der Waals surface area contributed by atoms with Crippen LogP contribution in [0, 0.1) is 0 Å². The van der Waals surface area contributed by atoms with Gasteiger partial charge in [-0.2, -0.15) is 65.9 Å². The lowest BCUT2D eigenvalue weighted by Crippen LogP contribution is -2.73. The molecular weight excluding hydrogens is 493 g/mol. The van der Waals surface area contributed by atoms with E-state index in [1.165, 1.54) is 0 Å². The summed E-state index contributed by atoms with van der Waals surface area (Å²) in [6, 6.07) is 0. The van der Waals surface area contributed by atoms with Crippen LogP contribution >= 0.6 is 11.8 Å². The molecule has 2 nitrogen and oxygen atoms in total. The highest BCUT2D eigenvalue weighted by atomic mass is 32.2. The number of thioether (sulfide) groups is 1. The van der Waals surface area contributed by atoms with Gasteiger partial charge in [0.05, 0.1) is 0 Å². The predicted octanol–water partition coefficient (Wildman–Crippen LogP) is 5.88. The van der Waals surface area contributed by atoms with Crippen molar-refractivity contribution >= 4 is 17.7 Å². The number of ether oxygens (including phenoxy) is 1. The van der Waals surface area contributed by atoms with Gasteiger partial charge in [0.15, 0.2) is 5.44 Å². The van der Waals surface area contributed by atoms with E-state index in [4.69, 9.17) is 0 Å². The maximum Gasteiger partial charge on any atom is 0.460 e. The van der Waals surface area contributed by atoms with E-state index in [0.29, 0.717) is 11.8 Å². The van der Waals surface area contributed by atoms with Gasteiger partial charge in [0.25, 0.3) is 0 Å². The van der Waals surface area contributed by atoms with E-state index in [1.807, 2.05) is 0 Å². The number of alkyl halides is 15. The summed E-state index contributed by atoms with van der Waals surface area (Å²) in [4.78, 5) is 11.1. The molecule has 0 N–H and O–H groups in total. The van der Waals surface area contributed by atoms with Crippen LogP contribution in [0.15, 0.2) is 11.5 Å². The molecule has 0 radical (unpaired) electrons. The van der Waals surface area contributed by atoms with Crippen LogP contribution in [0.2, 0.25) is 0 Å². The Morgan fingerprint density at radius 1 is 0.700 bits per heavy atom. The van der Waals surface area contributed by atoms with Gasteiger partial charge in [-0.15, -0.1) is 0 Å². The number of hydrogen-bond acceptors (Lipinski definition) is 3. The third kappa shape index (κ3) is 3.57. The number of carbonyl (C=O) groups is 1. The minimum Gasteiger partial charge on any atom is -0.446 e. The van der Waals surface area contributed by atoms with E-state index in [1.54, 1.807) is 0 Å². The van der Waals surface area contributed by atoms with Crippen molar-refractivity contribution in [2.45, 2.75) is 53.6 Å². The standard InChI is InChI=1S/C12H5F15O2S/c13-6(14,5(28)29-4-2-1-3-30-4)7(15,16)8(17,18)9(19,20)10(21,22)11(23,24)12(25,26)27/h1,3-4H,2H2. The Kier molecular flexibility index (Phi) is 6.45. The fourth-order valence-corrected chi connectivity index (χ4v) is 2.49. The lowest BCUT2D eigenvalue weighted by atomic mass is 9.91. The maximum absolute atomic E-state index is 13.5. The number of esters is 1. The average molecular weight is 498 g/mol. The molecule has 0 spiro atoms. The molecule has 1 rings (SSSR count). The van der Waals surface area contributed by atoms with Gasteiger partial charge in [-0.05, 0) is 5.41 Å². The molecule has 18 heteroatoms. The van der Waals surface area contributed by atoms with Gasteiger partial charge < -0.3 is 4.74 Å². The zero-order valence-electron chi connectivity index (χ0n) is 13.3. The van der Waals surface area contributed by atoms with Gasteiger partial charge in [-0.1, -0.05) is 17.8 Å². The molecule has 0 aromatic rings. The van der Waals surface area contributed by atoms with Crippen molar-refractivity contribution in [2.24, 2.45) is 0 Å². The van der Waals surface area contributed by atoms with Crippen molar-refractivity contribution in [3.8, 4) is 0 Å². The number of halogens is 15. The molecule has 0 amide bonds. The van der Waals surface area contributed by atoms with E-state index in [9.17, 15) is 70.7 Å². The first-order valence-corrected chi connectivity index (χ1v) is 7.79. The third-order valence-corrected chi connectivity index (χ3v) is 4.42. The second-order valence-electron chi connectivity index (χ2n) is 5.52. The second-order valence-corrected chi connectivity index (χ2v) is 6.59. The summed E-state index contributed by atoms with van der Waals surface area (Å²) >= 11 is 0.339. The molecular formula is C12H5F15O2S. The molecule has 1 aliphatic rings. The van der Waals surface area contributed by atoms with Crippen molar-refractivity contribution in [1.29, 1.82) is 0 Å². The molecule has 1 heterocycles. The maximum atomic E-state index is 13.5. The minimum absolute atomic E-state index is 0.339. The Morgan fingerprint density at radius 2 is 1.10 bits per heavy atom. The van der Waals surface area contributed by atoms with Crippen LogP contribution < -0.4 is 0 Å². The fraction of sp³-hybridized carbons (Fsp3) is 0.750. The van der Waals surface area contributed by atoms with Crippen LogP contribution in [-0.4, -0.2) is 53.1 Å². The van der Waals surface area contributed by atoms with Crippen molar-refractivity contribution in [3.63, 3.8) is 0 Å². The Morgan fingerprint density at radius 3 is 1.47 bits per heavy atom. The van der Waals surface area contributed by atoms with Crippen LogP contribution in [-0.2, 0) is 9.53 Å². The van der Waals surface area contributed by atoms with E-state index < -0.39 is 59.5 Å². The summed E-state index contributed by atoms with van der Waals surface area (Å²) in [5, 5.41) is 1.04.